The van der Waals surface area contributed by atoms with Crippen LogP contribution in [-0.2, 0) is 4.79 Å². The van der Waals surface area contributed by atoms with Crippen LogP contribution in [0.4, 0.5) is 0 Å². The summed E-state index contributed by atoms with van der Waals surface area (Å²) in [6.45, 7) is 0.974. The van der Waals surface area contributed by atoms with Crippen LogP contribution in [0.5, 0.6) is 0 Å². The van der Waals surface area contributed by atoms with Gasteiger partial charge in [-0.2, -0.15) is 5.87 Å². The van der Waals surface area contributed by atoms with E-state index in [1.807, 2.05) is 0 Å². The van der Waals surface area contributed by atoms with Crippen LogP contribution in [-0.4, -0.2) is 16.6 Å². The van der Waals surface area contributed by atoms with Gasteiger partial charge in [-0.1, -0.05) is 0 Å². The number of nitro groups is 1. The van der Waals surface area contributed by atoms with Crippen molar-refractivity contribution in [1.29, 1.82) is 0 Å². The third-order valence-corrected chi connectivity index (χ3v) is 0.622. The van der Waals surface area contributed by atoms with Crippen molar-refractivity contribution in [2.75, 3.05) is 0 Å². The van der Waals surface area contributed by atoms with Gasteiger partial charge in [-0.05, 0) is 0 Å². The Morgan fingerprint density at radius 2 is 2.22 bits per heavy atom. The number of carbonyl (C=O) groups excluding carboxylic acids is 1. The lowest BCUT2D eigenvalue weighted by Gasteiger charge is -1.87. The van der Waals surface area contributed by atoms with E-state index in [2.05, 4.69) is 0 Å². The molecule has 0 radical (unpaired) electrons. The van der Waals surface area contributed by atoms with Crippen molar-refractivity contribution in [2.24, 2.45) is 0 Å². The van der Waals surface area contributed by atoms with Crippen molar-refractivity contribution in [2.45, 2.75) is 6.92 Å². The van der Waals surface area contributed by atoms with Crippen molar-refractivity contribution in [3.8, 4) is 0 Å². The van der Waals surface area contributed by atoms with Gasteiger partial charge in [-0.3, -0.25) is 14.9 Å². The topological polar surface area (TPSA) is 82.5 Å². The first-order valence-electron chi connectivity index (χ1n) is 2.02. The smallest absolute Gasteiger partial charge is 0.331 e. The van der Waals surface area contributed by atoms with E-state index in [1.54, 1.807) is 0 Å². The van der Waals surface area contributed by atoms with Crippen molar-refractivity contribution >= 4 is 11.7 Å². The number of ketones is 1. The van der Waals surface area contributed by atoms with Crippen LogP contribution < -0.4 is 0 Å². The Kier molecular flexibility index (Phi) is 2.29. The van der Waals surface area contributed by atoms with Gasteiger partial charge in [0.1, 0.15) is 0 Å². The maximum atomic E-state index is 10.1. The van der Waals surface area contributed by atoms with Crippen LogP contribution in [0.3, 0.4) is 0 Å². The lowest BCUT2D eigenvalue weighted by atomic mass is 10.4. The van der Waals surface area contributed by atoms with Crippen LogP contribution in [0.1, 0.15) is 6.92 Å². The maximum Gasteiger partial charge on any atom is 0.331 e. The summed E-state index contributed by atoms with van der Waals surface area (Å²) in [5.74, 6) is 0.352. The molecule has 0 aromatic heterocycles. The molecule has 0 aromatic carbocycles. The van der Waals surface area contributed by atoms with Gasteiger partial charge in [0.2, 0.25) is 5.78 Å². The highest BCUT2D eigenvalue weighted by Gasteiger charge is 2.12. The molecule has 0 unspecified atom stereocenters. The van der Waals surface area contributed by atoms with Crippen molar-refractivity contribution in [3.63, 3.8) is 0 Å². The van der Waals surface area contributed by atoms with Gasteiger partial charge in [0.05, 0.1) is 4.92 Å². The minimum Gasteiger partial charge on any atom is -0.757 e. The van der Waals surface area contributed by atoms with E-state index in [1.165, 1.54) is 5.87 Å². The number of rotatable bonds is 2. The lowest BCUT2D eigenvalue weighted by molar-refractivity contribution is -0.415. The normalized spacial score (nSPS) is 7.67. The minimum absolute atomic E-state index is 0.817. The Bertz CT molecular complexity index is 186. The number of hydrogen-bond donors (Lipinski definition) is 0. The van der Waals surface area contributed by atoms with E-state index in [9.17, 15) is 14.9 Å². The Labute approximate surface area is 50.6 Å². The van der Waals surface area contributed by atoms with Crippen molar-refractivity contribution < 1.29 is 9.72 Å². The maximum absolute atomic E-state index is 10.1. The SMILES string of the molecule is CC(=O)C(=C=[N-])[N+](=O)[O-]. The zero-order valence-corrected chi connectivity index (χ0v) is 4.62. The molecule has 0 saturated carbocycles. The average molecular weight is 127 g/mol. The molecule has 9 heavy (non-hydrogen) atoms. The number of Topliss-reactive ketones (excluding diaryl/α,β-unsaturated/α-hetero) is 1. The van der Waals surface area contributed by atoms with Crippen LogP contribution in [0.15, 0.2) is 5.70 Å². The van der Waals surface area contributed by atoms with Gasteiger partial charge in [0.15, 0.2) is 0 Å². The first-order chi connectivity index (χ1) is 4.09. The zero-order valence-electron chi connectivity index (χ0n) is 4.62. The van der Waals surface area contributed by atoms with E-state index in [-0.39, 0.29) is 0 Å². The summed E-state index contributed by atoms with van der Waals surface area (Å²) < 4.78 is 0. The summed E-state index contributed by atoms with van der Waals surface area (Å²) in [5.41, 5.74) is -0.921. The molecule has 0 N–H and O–H groups in total. The Balaban J connectivity index is 4.59. The predicted molar refractivity (Wildman–Crippen MR) is 29.6 cm³/mol. The molecule has 0 bridgehead atoms. The molecular formula is C4H3N2O3-. The molecule has 0 aliphatic carbocycles. The van der Waals surface area contributed by atoms with Gasteiger partial charge in [-0.15, -0.1) is 0 Å². The third kappa shape index (κ3) is 1.84. The average Bonchev–Trinajstić information content (AvgIpc) is 1.64. The fourth-order valence-electron chi connectivity index (χ4n) is 0.248. The van der Waals surface area contributed by atoms with Crippen LogP contribution in [0.2, 0.25) is 0 Å². The van der Waals surface area contributed by atoms with Gasteiger partial charge in [-0.25, -0.2) is 0 Å². The molecule has 0 spiro atoms. The molecule has 0 saturated heterocycles. The van der Waals surface area contributed by atoms with E-state index < -0.39 is 16.4 Å². The molecule has 48 valence electrons. The van der Waals surface area contributed by atoms with Gasteiger partial charge < -0.3 is 5.41 Å². The van der Waals surface area contributed by atoms with Crippen molar-refractivity contribution in [1.82, 2.24) is 0 Å². The minimum atomic E-state index is -0.998. The highest BCUT2D eigenvalue weighted by Crippen LogP contribution is 1.89. The molecule has 0 aliphatic heterocycles. The summed E-state index contributed by atoms with van der Waals surface area (Å²) in [5, 5.41) is 17.6. The predicted octanol–water partition coefficient (Wildman–Crippen LogP) is -0.0249. The fraction of sp³-hybridized carbons (Fsp3) is 0.250. The number of allylic oxidation sites excluding steroid dienone is 1. The summed E-state index contributed by atoms with van der Waals surface area (Å²) >= 11 is 0. The number of hydrogen-bond acceptors (Lipinski definition) is 3. The third-order valence-electron chi connectivity index (χ3n) is 0.622. The van der Waals surface area contributed by atoms with Gasteiger partial charge >= 0.3 is 5.70 Å². The largest absolute Gasteiger partial charge is 0.757 e. The van der Waals surface area contributed by atoms with Crippen LogP contribution in [0.25, 0.3) is 5.41 Å². The molecule has 5 nitrogen and oxygen atoms in total. The Hall–Kier alpha value is -1.48. The Morgan fingerprint density at radius 1 is 1.78 bits per heavy atom. The van der Waals surface area contributed by atoms with Crippen LogP contribution >= 0.6 is 0 Å². The summed E-state index contributed by atoms with van der Waals surface area (Å²) in [6, 6.07) is 0. The van der Waals surface area contributed by atoms with E-state index >= 15 is 0 Å². The summed E-state index contributed by atoms with van der Waals surface area (Å²) in [4.78, 5) is 18.8. The Morgan fingerprint density at radius 3 is 2.22 bits per heavy atom. The summed E-state index contributed by atoms with van der Waals surface area (Å²) in [7, 11) is 0. The first-order valence-corrected chi connectivity index (χ1v) is 2.02. The van der Waals surface area contributed by atoms with E-state index in [0.29, 0.717) is 0 Å². The van der Waals surface area contributed by atoms with E-state index in [0.717, 1.165) is 6.92 Å². The second-order valence-electron chi connectivity index (χ2n) is 1.27. The molecule has 0 rings (SSSR count). The molecule has 0 fully saturated rings. The quantitative estimate of drug-likeness (QED) is 0.226. The standard InChI is InChI=1S/C4H3N2O3/c1-3(7)4(2-5)6(8)9/h1H3/q-1. The second kappa shape index (κ2) is 2.74. The molecule has 5 heteroatoms. The lowest BCUT2D eigenvalue weighted by Crippen LogP contribution is -2.07. The second-order valence-corrected chi connectivity index (χ2v) is 1.27. The van der Waals surface area contributed by atoms with Gasteiger partial charge in [0.25, 0.3) is 0 Å². The molecule has 0 atom stereocenters. The monoisotopic (exact) mass is 127 g/mol. The number of nitrogens with zero attached hydrogens (tertiary/aromatic N) is 2. The zero-order chi connectivity index (χ0) is 7.44. The first kappa shape index (κ1) is 7.52. The van der Waals surface area contributed by atoms with E-state index in [4.69, 9.17) is 5.41 Å². The summed E-state index contributed by atoms with van der Waals surface area (Å²) in [6.07, 6.45) is 0. The highest BCUT2D eigenvalue weighted by atomic mass is 16.6. The molecule has 0 aromatic rings. The van der Waals surface area contributed by atoms with Crippen molar-refractivity contribution in [3.05, 3.63) is 21.2 Å². The molecular weight excluding hydrogens is 124 g/mol. The molecule has 0 aliphatic rings. The van der Waals surface area contributed by atoms with Crippen LogP contribution in [0, 0.1) is 10.1 Å². The molecule has 0 heterocycles. The fourth-order valence-corrected chi connectivity index (χ4v) is 0.248. The van der Waals surface area contributed by atoms with Gasteiger partial charge in [0, 0.05) is 6.92 Å². The number of carbonyl (C=O) groups is 1. The highest BCUT2D eigenvalue weighted by molar-refractivity contribution is 5.99. The molecule has 0 amide bonds.